The summed E-state index contributed by atoms with van der Waals surface area (Å²) in [5.41, 5.74) is 2.64. The molecule has 0 saturated heterocycles. The summed E-state index contributed by atoms with van der Waals surface area (Å²) in [4.78, 5) is 15.4. The fourth-order valence-corrected chi connectivity index (χ4v) is 4.49. The van der Waals surface area contributed by atoms with Gasteiger partial charge in [0.1, 0.15) is 0 Å². The number of nitrogens with zero attached hydrogens (tertiary/aromatic N) is 1. The SMILES string of the molecule is O=C(c1cc(Br)c(Br)s1)N1CCCc2ccccc2C1. The van der Waals surface area contributed by atoms with E-state index in [-0.39, 0.29) is 5.91 Å². The molecule has 0 N–H and O–H groups in total. The van der Waals surface area contributed by atoms with E-state index in [9.17, 15) is 4.79 Å². The van der Waals surface area contributed by atoms with Gasteiger partial charge in [-0.2, -0.15) is 0 Å². The minimum absolute atomic E-state index is 0.123. The highest BCUT2D eigenvalue weighted by molar-refractivity contribution is 9.13. The van der Waals surface area contributed by atoms with Gasteiger partial charge >= 0.3 is 0 Å². The summed E-state index contributed by atoms with van der Waals surface area (Å²) in [5.74, 6) is 0.123. The van der Waals surface area contributed by atoms with E-state index in [2.05, 4.69) is 50.1 Å². The number of halogens is 2. The van der Waals surface area contributed by atoms with Gasteiger partial charge in [-0.3, -0.25) is 4.79 Å². The van der Waals surface area contributed by atoms with E-state index in [4.69, 9.17) is 0 Å². The molecule has 1 aromatic heterocycles. The Labute approximate surface area is 139 Å². The van der Waals surface area contributed by atoms with Crippen LogP contribution in [-0.4, -0.2) is 17.4 Å². The number of amides is 1. The van der Waals surface area contributed by atoms with Crippen LogP contribution in [-0.2, 0) is 13.0 Å². The number of carbonyl (C=O) groups is 1. The molecular weight excluding hydrogens is 402 g/mol. The van der Waals surface area contributed by atoms with Crippen LogP contribution in [0.25, 0.3) is 0 Å². The second-order valence-corrected chi connectivity index (χ2v) is 8.06. The normalized spacial score (nSPS) is 14.8. The molecule has 3 rings (SSSR count). The summed E-state index contributed by atoms with van der Waals surface area (Å²) in [5, 5.41) is 0. The number of thiophene rings is 1. The van der Waals surface area contributed by atoms with Crippen molar-refractivity contribution in [1.29, 1.82) is 0 Å². The Bertz CT molecular complexity index is 634. The number of fused-ring (bicyclic) bond motifs is 1. The van der Waals surface area contributed by atoms with Crippen molar-refractivity contribution in [3.05, 3.63) is 54.6 Å². The predicted molar refractivity (Wildman–Crippen MR) is 89.2 cm³/mol. The fourth-order valence-electron chi connectivity index (χ4n) is 2.48. The van der Waals surface area contributed by atoms with Crippen LogP contribution in [0.2, 0.25) is 0 Å². The molecular formula is C15H13Br2NOS. The minimum atomic E-state index is 0.123. The largest absolute Gasteiger partial charge is 0.334 e. The van der Waals surface area contributed by atoms with Crippen LogP contribution in [0.3, 0.4) is 0 Å². The molecule has 0 saturated carbocycles. The van der Waals surface area contributed by atoms with E-state index in [0.29, 0.717) is 6.54 Å². The van der Waals surface area contributed by atoms with Gasteiger partial charge in [0.05, 0.1) is 8.66 Å². The minimum Gasteiger partial charge on any atom is -0.334 e. The molecule has 1 amide bonds. The van der Waals surface area contributed by atoms with Crippen LogP contribution >= 0.6 is 43.2 Å². The lowest BCUT2D eigenvalue weighted by molar-refractivity contribution is 0.0751. The van der Waals surface area contributed by atoms with Gasteiger partial charge in [0.2, 0.25) is 0 Å². The summed E-state index contributed by atoms with van der Waals surface area (Å²) in [6.07, 6.45) is 2.08. The van der Waals surface area contributed by atoms with E-state index in [0.717, 1.165) is 32.5 Å². The number of benzene rings is 1. The zero-order chi connectivity index (χ0) is 14.1. The van der Waals surface area contributed by atoms with Crippen LogP contribution in [0.5, 0.6) is 0 Å². The maximum atomic E-state index is 12.6. The van der Waals surface area contributed by atoms with Crippen LogP contribution in [0.15, 0.2) is 38.6 Å². The molecule has 2 nitrogen and oxygen atoms in total. The first kappa shape index (κ1) is 14.3. The van der Waals surface area contributed by atoms with E-state index in [1.165, 1.54) is 22.5 Å². The van der Waals surface area contributed by atoms with E-state index >= 15 is 0 Å². The molecule has 2 aromatic rings. The molecule has 0 atom stereocenters. The molecule has 20 heavy (non-hydrogen) atoms. The smallest absolute Gasteiger partial charge is 0.264 e. The van der Waals surface area contributed by atoms with Gasteiger partial charge in [-0.15, -0.1) is 11.3 Å². The Hall–Kier alpha value is -0.650. The van der Waals surface area contributed by atoms with Crippen molar-refractivity contribution < 1.29 is 4.79 Å². The molecule has 1 aromatic carbocycles. The third-order valence-corrected chi connectivity index (χ3v) is 6.74. The van der Waals surface area contributed by atoms with Gasteiger partial charge in [0.15, 0.2) is 0 Å². The third-order valence-electron chi connectivity index (χ3n) is 3.50. The average Bonchev–Trinajstić information content (AvgIpc) is 2.67. The molecule has 104 valence electrons. The van der Waals surface area contributed by atoms with Crippen molar-refractivity contribution in [3.8, 4) is 0 Å². The molecule has 5 heteroatoms. The summed E-state index contributed by atoms with van der Waals surface area (Å²) in [7, 11) is 0. The van der Waals surface area contributed by atoms with E-state index < -0.39 is 0 Å². The molecule has 1 aliphatic heterocycles. The highest BCUT2D eigenvalue weighted by atomic mass is 79.9. The zero-order valence-electron chi connectivity index (χ0n) is 10.7. The van der Waals surface area contributed by atoms with Gasteiger partial charge in [0.25, 0.3) is 5.91 Å². The number of hydrogen-bond donors (Lipinski definition) is 0. The maximum Gasteiger partial charge on any atom is 0.264 e. The number of hydrogen-bond acceptors (Lipinski definition) is 2. The second-order valence-electron chi connectivity index (χ2n) is 4.83. The summed E-state index contributed by atoms with van der Waals surface area (Å²) < 4.78 is 1.91. The highest BCUT2D eigenvalue weighted by Crippen LogP contribution is 2.33. The molecule has 0 bridgehead atoms. The van der Waals surface area contributed by atoms with Crippen molar-refractivity contribution in [2.45, 2.75) is 19.4 Å². The molecule has 0 spiro atoms. The molecule has 0 unspecified atom stereocenters. The number of carbonyl (C=O) groups excluding carboxylic acids is 1. The Morgan fingerprint density at radius 2 is 1.95 bits per heavy atom. The van der Waals surface area contributed by atoms with Crippen molar-refractivity contribution in [2.75, 3.05) is 6.54 Å². The summed E-state index contributed by atoms with van der Waals surface area (Å²) in [6, 6.07) is 10.3. The summed E-state index contributed by atoms with van der Waals surface area (Å²) in [6.45, 7) is 1.53. The standard InChI is InChI=1S/C15H13Br2NOS/c16-12-8-13(20-14(12)17)15(19)18-7-3-6-10-4-1-2-5-11(10)9-18/h1-2,4-5,8H,3,6-7,9H2. The Morgan fingerprint density at radius 1 is 1.20 bits per heavy atom. The topological polar surface area (TPSA) is 20.3 Å². The monoisotopic (exact) mass is 413 g/mol. The van der Waals surface area contributed by atoms with Crippen molar-refractivity contribution in [3.63, 3.8) is 0 Å². The van der Waals surface area contributed by atoms with Crippen molar-refractivity contribution >= 4 is 49.1 Å². The first-order chi connectivity index (χ1) is 9.65. The summed E-state index contributed by atoms with van der Waals surface area (Å²) >= 11 is 8.38. The van der Waals surface area contributed by atoms with Gasteiger partial charge in [0, 0.05) is 17.6 Å². The highest BCUT2D eigenvalue weighted by Gasteiger charge is 2.22. The van der Waals surface area contributed by atoms with Crippen LogP contribution in [0.1, 0.15) is 27.2 Å². The van der Waals surface area contributed by atoms with Gasteiger partial charge < -0.3 is 4.90 Å². The van der Waals surface area contributed by atoms with Gasteiger partial charge in [-0.05, 0) is 61.9 Å². The fraction of sp³-hybridized carbons (Fsp3) is 0.267. The van der Waals surface area contributed by atoms with Crippen LogP contribution in [0.4, 0.5) is 0 Å². The molecule has 0 radical (unpaired) electrons. The predicted octanol–water partition coefficient (Wildman–Crippen LogP) is 4.86. The number of aryl methyl sites for hydroxylation is 1. The van der Waals surface area contributed by atoms with E-state index in [1.807, 2.05) is 17.0 Å². The Morgan fingerprint density at radius 3 is 2.65 bits per heavy atom. The number of rotatable bonds is 1. The average molecular weight is 415 g/mol. The molecule has 2 heterocycles. The first-order valence-electron chi connectivity index (χ1n) is 6.46. The molecule has 0 aliphatic carbocycles. The lowest BCUT2D eigenvalue weighted by atomic mass is 10.0. The molecule has 0 fully saturated rings. The lowest BCUT2D eigenvalue weighted by Gasteiger charge is -2.20. The van der Waals surface area contributed by atoms with Crippen LogP contribution < -0.4 is 0 Å². The Balaban J connectivity index is 1.86. The van der Waals surface area contributed by atoms with Crippen molar-refractivity contribution in [2.24, 2.45) is 0 Å². The lowest BCUT2D eigenvalue weighted by Crippen LogP contribution is -2.30. The quantitative estimate of drug-likeness (QED) is 0.652. The zero-order valence-corrected chi connectivity index (χ0v) is 14.7. The van der Waals surface area contributed by atoms with Gasteiger partial charge in [-0.1, -0.05) is 24.3 Å². The third kappa shape index (κ3) is 2.85. The van der Waals surface area contributed by atoms with Crippen LogP contribution in [0, 0.1) is 0 Å². The first-order valence-corrected chi connectivity index (χ1v) is 8.86. The van der Waals surface area contributed by atoms with Crippen molar-refractivity contribution in [1.82, 2.24) is 4.90 Å². The maximum absolute atomic E-state index is 12.6. The second kappa shape index (κ2) is 6.00. The van der Waals surface area contributed by atoms with E-state index in [1.54, 1.807) is 0 Å². The molecule has 1 aliphatic rings. The Kier molecular flexibility index (Phi) is 4.29. The van der Waals surface area contributed by atoms with Gasteiger partial charge in [-0.25, -0.2) is 0 Å².